The fourth-order valence-corrected chi connectivity index (χ4v) is 5.78. The van der Waals surface area contributed by atoms with Crippen LogP contribution in [-0.2, 0) is 23.9 Å². The lowest BCUT2D eigenvalue weighted by Gasteiger charge is -2.15. The number of hydrogen-bond acceptors (Lipinski definition) is 6. The van der Waals surface area contributed by atoms with Crippen LogP contribution in [0, 0.1) is 5.92 Å². The highest BCUT2D eigenvalue weighted by molar-refractivity contribution is 5.89. The van der Waals surface area contributed by atoms with Crippen LogP contribution in [0.3, 0.4) is 0 Å². The van der Waals surface area contributed by atoms with E-state index in [0.717, 1.165) is 83.0 Å². The molecule has 0 heterocycles. The summed E-state index contributed by atoms with van der Waals surface area (Å²) in [4.78, 5) is 35.9. The predicted molar refractivity (Wildman–Crippen MR) is 201 cm³/mol. The van der Waals surface area contributed by atoms with Crippen molar-refractivity contribution in [2.45, 2.75) is 207 Å². The summed E-state index contributed by atoms with van der Waals surface area (Å²) in [6, 6.07) is 0. The van der Waals surface area contributed by atoms with Crippen molar-refractivity contribution in [2.24, 2.45) is 5.92 Å². The fraction of sp³-hybridized carbons (Fsp3) is 0.833. The lowest BCUT2D eigenvalue weighted by atomic mass is 10.0. The average molecular weight is 677 g/mol. The summed E-state index contributed by atoms with van der Waals surface area (Å²) in [6.45, 7) is 6.32. The Morgan fingerprint density at radius 2 is 1.06 bits per heavy atom. The molecular weight excluding hydrogens is 600 g/mol. The highest BCUT2D eigenvalue weighted by atomic mass is 16.6. The summed E-state index contributed by atoms with van der Waals surface area (Å²) < 4.78 is 10.6. The van der Waals surface area contributed by atoms with Crippen molar-refractivity contribution in [3.05, 3.63) is 24.3 Å². The Morgan fingerprint density at radius 3 is 1.58 bits per heavy atom. The molecule has 0 unspecified atom stereocenters. The van der Waals surface area contributed by atoms with Crippen LogP contribution in [0.15, 0.2) is 24.3 Å². The first-order valence-corrected chi connectivity index (χ1v) is 20.2. The lowest BCUT2D eigenvalue weighted by Crippen LogP contribution is -2.28. The Labute approximate surface area is 296 Å². The maximum absolute atomic E-state index is 12.2. The van der Waals surface area contributed by atoms with Crippen LogP contribution in [0.1, 0.15) is 201 Å². The molecule has 0 fully saturated rings. The van der Waals surface area contributed by atoms with E-state index in [4.69, 9.17) is 9.47 Å². The largest absolute Gasteiger partial charge is 0.462 e. The molecule has 0 aromatic heterocycles. The standard InChI is InChI=1S/C42H76O6/c1-4-5-26-32-39(44)33-28-23-19-15-13-17-20-24-29-34-41(45)47-37-40(36-43)48-42(46)35-30-25-21-16-12-10-8-6-7-9-11-14-18-22-27-31-38(2)3/h19,23,28,33,38,40,43H,4-18,20-22,24-27,29-32,34-37H2,1-3H3/b23-19-,33-28+/t40-/m0/s1. The molecule has 280 valence electrons. The Hall–Kier alpha value is -1.95. The van der Waals surface area contributed by atoms with Crippen LogP contribution in [0.25, 0.3) is 0 Å². The van der Waals surface area contributed by atoms with Gasteiger partial charge in [-0.2, -0.15) is 0 Å². The molecule has 6 nitrogen and oxygen atoms in total. The van der Waals surface area contributed by atoms with Crippen molar-refractivity contribution >= 4 is 17.7 Å². The Bertz CT molecular complexity index is 802. The molecular formula is C42H76O6. The van der Waals surface area contributed by atoms with E-state index in [-0.39, 0.29) is 30.9 Å². The molecule has 0 saturated carbocycles. The van der Waals surface area contributed by atoms with Gasteiger partial charge in [0.2, 0.25) is 0 Å². The molecule has 6 heteroatoms. The van der Waals surface area contributed by atoms with Crippen LogP contribution in [0.2, 0.25) is 0 Å². The van der Waals surface area contributed by atoms with Gasteiger partial charge in [0.25, 0.3) is 0 Å². The third-order valence-electron chi connectivity index (χ3n) is 8.90. The van der Waals surface area contributed by atoms with E-state index in [1.165, 1.54) is 83.5 Å². The van der Waals surface area contributed by atoms with Gasteiger partial charge in [-0.3, -0.25) is 14.4 Å². The number of ether oxygens (including phenoxy) is 2. The van der Waals surface area contributed by atoms with Gasteiger partial charge in [-0.1, -0.05) is 167 Å². The number of aliphatic hydroxyl groups excluding tert-OH is 1. The third kappa shape index (κ3) is 35.4. The van der Waals surface area contributed by atoms with Crippen molar-refractivity contribution in [2.75, 3.05) is 13.2 Å². The van der Waals surface area contributed by atoms with Gasteiger partial charge in [-0.25, -0.2) is 0 Å². The normalized spacial score (nSPS) is 12.4. The van der Waals surface area contributed by atoms with E-state index >= 15 is 0 Å². The second-order valence-electron chi connectivity index (χ2n) is 14.2. The van der Waals surface area contributed by atoms with Gasteiger partial charge in [0.05, 0.1) is 6.61 Å². The highest BCUT2D eigenvalue weighted by Gasteiger charge is 2.16. The van der Waals surface area contributed by atoms with Crippen LogP contribution in [0.5, 0.6) is 0 Å². The molecule has 0 bridgehead atoms. The lowest BCUT2D eigenvalue weighted by molar-refractivity contribution is -0.161. The van der Waals surface area contributed by atoms with Gasteiger partial charge >= 0.3 is 11.9 Å². The number of aliphatic hydroxyl groups is 1. The number of carbonyl (C=O) groups is 3. The number of rotatable bonds is 36. The van der Waals surface area contributed by atoms with Crippen LogP contribution < -0.4 is 0 Å². The molecule has 48 heavy (non-hydrogen) atoms. The molecule has 0 amide bonds. The first-order chi connectivity index (χ1) is 23.4. The average Bonchev–Trinajstić information content (AvgIpc) is 3.06. The fourth-order valence-electron chi connectivity index (χ4n) is 5.78. The number of ketones is 1. The molecule has 0 aromatic carbocycles. The quantitative estimate of drug-likeness (QED) is 0.0307. The highest BCUT2D eigenvalue weighted by Crippen LogP contribution is 2.15. The molecule has 0 aliphatic rings. The summed E-state index contributed by atoms with van der Waals surface area (Å²) in [5.74, 6) is 0.403. The minimum absolute atomic E-state index is 0.0926. The van der Waals surface area contributed by atoms with Gasteiger partial charge < -0.3 is 14.6 Å². The van der Waals surface area contributed by atoms with E-state index in [9.17, 15) is 19.5 Å². The molecule has 1 atom stereocenters. The Balaban J connectivity index is 3.59. The molecule has 0 rings (SSSR count). The van der Waals surface area contributed by atoms with Crippen LogP contribution in [0.4, 0.5) is 0 Å². The topological polar surface area (TPSA) is 89.9 Å². The minimum atomic E-state index is -0.793. The van der Waals surface area contributed by atoms with Crippen LogP contribution >= 0.6 is 0 Å². The van der Waals surface area contributed by atoms with Crippen molar-refractivity contribution in [1.82, 2.24) is 0 Å². The maximum Gasteiger partial charge on any atom is 0.306 e. The summed E-state index contributed by atoms with van der Waals surface area (Å²) in [5.41, 5.74) is 0. The molecule has 0 spiro atoms. The zero-order valence-electron chi connectivity index (χ0n) is 31.7. The van der Waals surface area contributed by atoms with Gasteiger partial charge in [0.15, 0.2) is 11.9 Å². The second kappa shape index (κ2) is 36.3. The first kappa shape index (κ1) is 46.0. The second-order valence-corrected chi connectivity index (χ2v) is 14.2. The number of esters is 2. The summed E-state index contributed by atoms with van der Waals surface area (Å²) in [6.07, 6.45) is 37.9. The molecule has 1 N–H and O–H groups in total. The van der Waals surface area contributed by atoms with E-state index in [2.05, 4.69) is 26.8 Å². The molecule has 0 aliphatic heterocycles. The summed E-state index contributed by atoms with van der Waals surface area (Å²) in [5, 5.41) is 9.55. The van der Waals surface area contributed by atoms with Gasteiger partial charge in [0, 0.05) is 19.3 Å². The zero-order valence-corrected chi connectivity index (χ0v) is 31.7. The summed E-state index contributed by atoms with van der Waals surface area (Å²) in [7, 11) is 0. The van der Waals surface area contributed by atoms with Crippen molar-refractivity contribution in [3.63, 3.8) is 0 Å². The minimum Gasteiger partial charge on any atom is -0.462 e. The van der Waals surface area contributed by atoms with Crippen molar-refractivity contribution < 1.29 is 29.0 Å². The molecule has 0 aromatic rings. The Kier molecular flexibility index (Phi) is 34.9. The van der Waals surface area contributed by atoms with E-state index in [1.54, 1.807) is 6.08 Å². The number of allylic oxidation sites excluding steroid dienone is 4. The number of unbranched alkanes of at least 4 members (excludes halogenated alkanes) is 21. The number of carbonyl (C=O) groups excluding carboxylic acids is 3. The van der Waals surface area contributed by atoms with Gasteiger partial charge in [0.1, 0.15) is 6.61 Å². The maximum atomic E-state index is 12.2. The third-order valence-corrected chi connectivity index (χ3v) is 8.90. The van der Waals surface area contributed by atoms with E-state index in [0.29, 0.717) is 19.3 Å². The molecule has 0 saturated heterocycles. The Morgan fingerprint density at radius 1 is 0.583 bits per heavy atom. The monoisotopic (exact) mass is 677 g/mol. The van der Waals surface area contributed by atoms with E-state index < -0.39 is 6.10 Å². The van der Waals surface area contributed by atoms with Crippen molar-refractivity contribution in [3.8, 4) is 0 Å². The van der Waals surface area contributed by atoms with Gasteiger partial charge in [-0.15, -0.1) is 0 Å². The van der Waals surface area contributed by atoms with Crippen LogP contribution in [-0.4, -0.2) is 42.1 Å². The molecule has 0 radical (unpaired) electrons. The van der Waals surface area contributed by atoms with Gasteiger partial charge in [-0.05, 0) is 44.1 Å². The zero-order chi connectivity index (χ0) is 35.3. The number of hydrogen-bond donors (Lipinski definition) is 1. The predicted octanol–water partition coefficient (Wildman–Crippen LogP) is 11.7. The first-order valence-electron chi connectivity index (χ1n) is 20.2. The smallest absolute Gasteiger partial charge is 0.306 e. The SMILES string of the molecule is CCCCCC(=O)/C=C/C=C\CCCCCCCC(=O)OC[C@H](CO)OC(=O)CCCCCCCCCCCCCCCCCC(C)C. The van der Waals surface area contributed by atoms with E-state index in [1.807, 2.05) is 12.2 Å². The molecule has 0 aliphatic carbocycles. The van der Waals surface area contributed by atoms with Crippen molar-refractivity contribution in [1.29, 1.82) is 0 Å². The summed E-state index contributed by atoms with van der Waals surface area (Å²) >= 11 is 0.